The van der Waals surface area contributed by atoms with Crippen molar-refractivity contribution in [3.8, 4) is 0 Å². The van der Waals surface area contributed by atoms with Crippen molar-refractivity contribution >= 4 is 22.7 Å². The van der Waals surface area contributed by atoms with E-state index in [0.717, 1.165) is 11.1 Å². The number of nitrogens with zero attached hydrogens (tertiary/aromatic N) is 2. The maximum Gasteiger partial charge on any atom is 0.412 e. The van der Waals surface area contributed by atoms with Gasteiger partial charge in [0.25, 0.3) is 5.56 Å². The Morgan fingerprint density at radius 2 is 1.86 bits per heavy atom. The molecule has 1 N–H and O–H groups in total. The lowest BCUT2D eigenvalue weighted by Crippen LogP contribution is -2.28. The van der Waals surface area contributed by atoms with E-state index in [4.69, 9.17) is 9.47 Å². The van der Waals surface area contributed by atoms with Gasteiger partial charge in [-0.25, -0.2) is 4.79 Å². The molecule has 7 nitrogen and oxygen atoms in total. The number of aromatic nitrogens is 2. The summed E-state index contributed by atoms with van der Waals surface area (Å²) in [6, 6.07) is 11.7. The average Bonchev–Trinajstić information content (AvgIpc) is 2.95. The highest BCUT2D eigenvalue weighted by molar-refractivity contribution is 5.99. The predicted octanol–water partition coefficient (Wildman–Crippen LogP) is 3.90. The molecule has 2 aromatic heterocycles. The van der Waals surface area contributed by atoms with Gasteiger partial charge in [-0.15, -0.1) is 0 Å². The molecule has 0 bridgehead atoms. The predicted molar refractivity (Wildman–Crippen MR) is 113 cm³/mol. The Hall–Kier alpha value is -3.06. The number of anilines is 1. The van der Waals surface area contributed by atoms with E-state index in [0.29, 0.717) is 30.8 Å². The molecule has 0 aliphatic carbocycles. The number of aryl methyl sites for hydroxylation is 1. The van der Waals surface area contributed by atoms with Crippen molar-refractivity contribution in [1.29, 1.82) is 0 Å². The van der Waals surface area contributed by atoms with Crippen molar-refractivity contribution < 1.29 is 14.3 Å². The van der Waals surface area contributed by atoms with Crippen molar-refractivity contribution in [3.05, 3.63) is 64.7 Å². The third kappa shape index (κ3) is 5.26. The van der Waals surface area contributed by atoms with Crippen LogP contribution in [0.5, 0.6) is 0 Å². The van der Waals surface area contributed by atoms with Gasteiger partial charge in [-0.1, -0.05) is 30.3 Å². The Kier molecular flexibility index (Phi) is 6.08. The lowest BCUT2D eigenvalue weighted by molar-refractivity contribution is 0.0636. The number of ether oxygens (including phenoxy) is 2. The number of amides is 1. The van der Waals surface area contributed by atoms with Gasteiger partial charge in [-0.2, -0.15) is 0 Å². The Labute approximate surface area is 169 Å². The van der Waals surface area contributed by atoms with Crippen LogP contribution in [0.2, 0.25) is 0 Å². The second-order valence-corrected chi connectivity index (χ2v) is 7.89. The number of benzene rings is 1. The van der Waals surface area contributed by atoms with Crippen molar-refractivity contribution in [1.82, 2.24) is 9.13 Å². The van der Waals surface area contributed by atoms with Gasteiger partial charge in [0.1, 0.15) is 5.60 Å². The Bertz CT molecular complexity index is 1050. The lowest BCUT2D eigenvalue weighted by atomic mass is 10.2. The monoisotopic (exact) mass is 397 g/mol. The second-order valence-electron chi connectivity index (χ2n) is 7.89. The maximum atomic E-state index is 13.0. The highest BCUT2D eigenvalue weighted by atomic mass is 16.6. The van der Waals surface area contributed by atoms with Crippen LogP contribution in [-0.2, 0) is 29.7 Å². The molecule has 0 fully saturated rings. The van der Waals surface area contributed by atoms with Gasteiger partial charge in [0.15, 0.2) is 0 Å². The average molecular weight is 397 g/mol. The zero-order valence-corrected chi connectivity index (χ0v) is 17.3. The maximum absolute atomic E-state index is 13.0. The molecule has 0 aliphatic rings. The van der Waals surface area contributed by atoms with E-state index in [1.165, 1.54) is 0 Å². The molecule has 0 saturated carbocycles. The van der Waals surface area contributed by atoms with Gasteiger partial charge in [-0.05, 0) is 32.4 Å². The third-order valence-corrected chi connectivity index (χ3v) is 4.34. The van der Waals surface area contributed by atoms with Crippen LogP contribution in [0.4, 0.5) is 10.5 Å². The highest BCUT2D eigenvalue weighted by Crippen LogP contribution is 2.22. The fourth-order valence-corrected chi connectivity index (χ4v) is 3.05. The van der Waals surface area contributed by atoms with Crippen LogP contribution in [0.3, 0.4) is 0 Å². The van der Waals surface area contributed by atoms with E-state index < -0.39 is 11.7 Å². The summed E-state index contributed by atoms with van der Waals surface area (Å²) >= 11 is 0. The summed E-state index contributed by atoms with van der Waals surface area (Å²) in [6.45, 7) is 6.69. The smallest absolute Gasteiger partial charge is 0.412 e. The molecule has 0 saturated heterocycles. The molecule has 29 heavy (non-hydrogen) atoms. The number of carbonyl (C=O) groups excluding carboxylic acids is 1. The van der Waals surface area contributed by atoms with Crippen LogP contribution in [0, 0.1) is 0 Å². The van der Waals surface area contributed by atoms with Gasteiger partial charge in [-0.3, -0.25) is 10.1 Å². The fraction of sp³-hybridized carbons (Fsp3) is 0.364. The second kappa shape index (κ2) is 8.53. The van der Waals surface area contributed by atoms with Gasteiger partial charge < -0.3 is 18.6 Å². The van der Waals surface area contributed by atoms with Crippen molar-refractivity contribution in [3.63, 3.8) is 0 Å². The molecule has 3 aromatic rings. The lowest BCUT2D eigenvalue weighted by Gasteiger charge is -2.19. The van der Waals surface area contributed by atoms with E-state index >= 15 is 0 Å². The summed E-state index contributed by atoms with van der Waals surface area (Å²) < 4.78 is 14.4. The molecule has 0 radical (unpaired) electrons. The quantitative estimate of drug-likeness (QED) is 0.640. The topological polar surface area (TPSA) is 74.5 Å². The van der Waals surface area contributed by atoms with Crippen LogP contribution < -0.4 is 10.9 Å². The van der Waals surface area contributed by atoms with E-state index in [1.54, 1.807) is 42.3 Å². The molecule has 0 aliphatic heterocycles. The first kappa shape index (κ1) is 20.7. The molecule has 1 amide bonds. The molecule has 3 rings (SSSR count). The van der Waals surface area contributed by atoms with Crippen LogP contribution in [-0.4, -0.2) is 27.4 Å². The normalized spacial score (nSPS) is 11.6. The number of rotatable bonds is 6. The molecular weight excluding hydrogens is 370 g/mol. The number of nitrogens with one attached hydrogen (secondary N) is 1. The first-order valence-electron chi connectivity index (χ1n) is 9.55. The zero-order valence-electron chi connectivity index (χ0n) is 17.3. The van der Waals surface area contributed by atoms with E-state index in [9.17, 15) is 9.59 Å². The molecule has 7 heteroatoms. The zero-order chi connectivity index (χ0) is 21.0. The van der Waals surface area contributed by atoms with Gasteiger partial charge in [0.2, 0.25) is 0 Å². The highest BCUT2D eigenvalue weighted by Gasteiger charge is 2.19. The van der Waals surface area contributed by atoms with Crippen molar-refractivity contribution in [2.24, 2.45) is 7.05 Å². The summed E-state index contributed by atoms with van der Waals surface area (Å²) in [7, 11) is 1.83. The van der Waals surface area contributed by atoms with Crippen LogP contribution in [0.25, 0.3) is 10.9 Å². The Balaban J connectivity index is 1.73. The summed E-state index contributed by atoms with van der Waals surface area (Å²) in [6.07, 6.45) is 2.87. The van der Waals surface area contributed by atoms with Gasteiger partial charge >= 0.3 is 6.09 Å². The number of carbonyl (C=O) groups is 1. The summed E-state index contributed by atoms with van der Waals surface area (Å²) in [5.74, 6) is 0. The van der Waals surface area contributed by atoms with E-state index in [1.807, 2.05) is 43.4 Å². The van der Waals surface area contributed by atoms with E-state index in [2.05, 4.69) is 5.32 Å². The Morgan fingerprint density at radius 3 is 2.55 bits per heavy atom. The molecule has 1 aromatic carbocycles. The first-order valence-corrected chi connectivity index (χ1v) is 9.55. The van der Waals surface area contributed by atoms with Crippen LogP contribution >= 0.6 is 0 Å². The number of hydrogen-bond donors (Lipinski definition) is 1. The third-order valence-electron chi connectivity index (χ3n) is 4.34. The first-order chi connectivity index (χ1) is 13.7. The largest absolute Gasteiger partial charge is 0.444 e. The standard InChI is InChI=1S/C22H27N3O4/c1-22(2,3)29-21(27)23-17-14-24(4)18-10-11-25(20(26)19(17)18)12-13-28-15-16-8-6-5-7-9-16/h5-11,14H,12-13,15H2,1-4H3,(H,23,27). The van der Waals surface area contributed by atoms with E-state index in [-0.39, 0.29) is 5.56 Å². The van der Waals surface area contributed by atoms with Crippen molar-refractivity contribution in [2.75, 3.05) is 11.9 Å². The minimum Gasteiger partial charge on any atom is -0.444 e. The minimum atomic E-state index is -0.620. The molecule has 154 valence electrons. The Morgan fingerprint density at radius 1 is 1.14 bits per heavy atom. The molecule has 0 unspecified atom stereocenters. The van der Waals surface area contributed by atoms with Crippen LogP contribution in [0.1, 0.15) is 26.3 Å². The summed E-state index contributed by atoms with van der Waals surface area (Å²) in [5, 5.41) is 3.14. The van der Waals surface area contributed by atoms with Crippen LogP contribution in [0.15, 0.2) is 53.6 Å². The molecule has 0 atom stereocenters. The number of fused-ring (bicyclic) bond motifs is 1. The fourth-order valence-electron chi connectivity index (χ4n) is 3.05. The van der Waals surface area contributed by atoms with Gasteiger partial charge in [0, 0.05) is 26.0 Å². The minimum absolute atomic E-state index is 0.183. The molecule has 2 heterocycles. The SMILES string of the molecule is Cn1cc(NC(=O)OC(C)(C)C)c2c(=O)n(CCOCc3ccccc3)ccc21. The molecule has 0 spiro atoms. The summed E-state index contributed by atoms with van der Waals surface area (Å²) in [4.78, 5) is 25.1. The number of hydrogen-bond acceptors (Lipinski definition) is 4. The van der Waals surface area contributed by atoms with Crippen molar-refractivity contribution in [2.45, 2.75) is 39.5 Å². The summed E-state index contributed by atoms with van der Waals surface area (Å²) in [5.41, 5.74) is 1.45. The van der Waals surface area contributed by atoms with Gasteiger partial charge in [0.05, 0.1) is 29.8 Å². The number of pyridine rings is 1. The molecular formula is C22H27N3O4.